The molecule has 114 valence electrons. The van der Waals surface area contributed by atoms with Crippen molar-refractivity contribution in [2.45, 2.75) is 33.7 Å². The van der Waals surface area contributed by atoms with E-state index < -0.39 is 0 Å². The highest BCUT2D eigenvalue weighted by Crippen LogP contribution is 2.27. The fourth-order valence-corrected chi connectivity index (χ4v) is 2.41. The Hall–Kier alpha value is -0.770. The van der Waals surface area contributed by atoms with Crippen molar-refractivity contribution in [1.29, 1.82) is 0 Å². The molecule has 1 aromatic carbocycles. The number of nitrogens with one attached hydrogen (secondary N) is 1. The lowest BCUT2D eigenvalue weighted by atomic mass is 10.1. The number of nitrogens with zero attached hydrogens (tertiary/aromatic N) is 1. The first kappa shape index (κ1) is 17.3. The molecule has 0 radical (unpaired) electrons. The Balaban J connectivity index is 2.81. The number of hydrogen-bond donors (Lipinski definition) is 1. The number of ether oxygens (including phenoxy) is 1. The molecule has 0 atom stereocenters. The van der Waals surface area contributed by atoms with Gasteiger partial charge in [-0.1, -0.05) is 24.6 Å². The second-order valence-corrected chi connectivity index (χ2v) is 5.10. The van der Waals surface area contributed by atoms with Crippen LogP contribution in [0.5, 0.6) is 0 Å². The highest BCUT2D eigenvalue weighted by atomic mass is 35.5. The number of rotatable bonds is 10. The van der Waals surface area contributed by atoms with Crippen LogP contribution in [0.2, 0.25) is 5.02 Å². The molecule has 0 amide bonds. The van der Waals surface area contributed by atoms with Crippen molar-refractivity contribution >= 4 is 17.3 Å². The molecular weight excluding hydrogens is 272 g/mol. The summed E-state index contributed by atoms with van der Waals surface area (Å²) >= 11 is 6.37. The van der Waals surface area contributed by atoms with Crippen LogP contribution in [0.3, 0.4) is 0 Å². The quantitative estimate of drug-likeness (QED) is 0.667. The topological polar surface area (TPSA) is 24.5 Å². The van der Waals surface area contributed by atoms with E-state index in [4.69, 9.17) is 16.3 Å². The van der Waals surface area contributed by atoms with Crippen LogP contribution in [0.1, 0.15) is 32.8 Å². The molecule has 1 rings (SSSR count). The summed E-state index contributed by atoms with van der Waals surface area (Å²) in [6, 6.07) is 6.12. The fraction of sp³-hybridized carbons (Fsp3) is 0.625. The van der Waals surface area contributed by atoms with Gasteiger partial charge in [-0.05, 0) is 38.9 Å². The Morgan fingerprint density at radius 3 is 2.70 bits per heavy atom. The normalized spacial score (nSPS) is 10.8. The van der Waals surface area contributed by atoms with Gasteiger partial charge in [0.1, 0.15) is 0 Å². The third-order valence-electron chi connectivity index (χ3n) is 3.25. The van der Waals surface area contributed by atoms with E-state index in [9.17, 15) is 0 Å². The number of halogens is 1. The molecule has 1 aromatic rings. The molecule has 20 heavy (non-hydrogen) atoms. The van der Waals surface area contributed by atoms with Gasteiger partial charge in [-0.3, -0.25) is 0 Å². The van der Waals surface area contributed by atoms with Gasteiger partial charge >= 0.3 is 0 Å². The molecular formula is C16H27ClN2O. The van der Waals surface area contributed by atoms with Crippen molar-refractivity contribution in [1.82, 2.24) is 5.32 Å². The number of benzene rings is 1. The van der Waals surface area contributed by atoms with Crippen molar-refractivity contribution in [3.8, 4) is 0 Å². The zero-order chi connectivity index (χ0) is 14.8. The van der Waals surface area contributed by atoms with Gasteiger partial charge in [-0.2, -0.15) is 0 Å². The second-order valence-electron chi connectivity index (χ2n) is 4.69. The van der Waals surface area contributed by atoms with E-state index in [0.29, 0.717) is 0 Å². The van der Waals surface area contributed by atoms with E-state index in [0.717, 1.165) is 50.8 Å². The van der Waals surface area contributed by atoms with Crippen LogP contribution in [0.25, 0.3) is 0 Å². The van der Waals surface area contributed by atoms with Gasteiger partial charge in [0.15, 0.2) is 0 Å². The van der Waals surface area contributed by atoms with Crippen molar-refractivity contribution < 1.29 is 4.74 Å². The lowest BCUT2D eigenvalue weighted by molar-refractivity contribution is 0.154. The zero-order valence-corrected chi connectivity index (χ0v) is 13.7. The van der Waals surface area contributed by atoms with Crippen molar-refractivity contribution in [2.24, 2.45) is 0 Å². The minimum atomic E-state index is 0.749. The van der Waals surface area contributed by atoms with E-state index in [1.54, 1.807) is 0 Å². The van der Waals surface area contributed by atoms with Gasteiger partial charge in [-0.15, -0.1) is 0 Å². The first-order chi connectivity index (χ1) is 9.74. The molecule has 0 aliphatic rings. The van der Waals surface area contributed by atoms with Gasteiger partial charge < -0.3 is 15.0 Å². The van der Waals surface area contributed by atoms with Gasteiger partial charge in [0.25, 0.3) is 0 Å². The molecule has 0 aliphatic carbocycles. The average molecular weight is 299 g/mol. The average Bonchev–Trinajstić information content (AvgIpc) is 2.46. The Kier molecular flexibility index (Phi) is 8.67. The predicted octanol–water partition coefficient (Wildman–Crippen LogP) is 3.70. The summed E-state index contributed by atoms with van der Waals surface area (Å²) in [5.74, 6) is 0. The number of anilines is 1. The van der Waals surface area contributed by atoms with Crippen LogP contribution in [0.4, 0.5) is 5.69 Å². The monoisotopic (exact) mass is 298 g/mol. The Morgan fingerprint density at radius 2 is 2.05 bits per heavy atom. The van der Waals surface area contributed by atoms with Gasteiger partial charge in [-0.25, -0.2) is 0 Å². The summed E-state index contributed by atoms with van der Waals surface area (Å²) in [5, 5.41) is 4.27. The summed E-state index contributed by atoms with van der Waals surface area (Å²) < 4.78 is 5.47. The van der Waals surface area contributed by atoms with Crippen LogP contribution in [-0.2, 0) is 11.3 Å². The first-order valence-corrected chi connectivity index (χ1v) is 7.93. The summed E-state index contributed by atoms with van der Waals surface area (Å²) in [6.07, 6.45) is 1.13. The van der Waals surface area contributed by atoms with E-state index in [1.165, 1.54) is 11.3 Å². The maximum absolute atomic E-state index is 6.37. The molecule has 1 N–H and O–H groups in total. The van der Waals surface area contributed by atoms with Crippen LogP contribution in [0, 0.1) is 0 Å². The predicted molar refractivity (Wildman–Crippen MR) is 87.8 cm³/mol. The third kappa shape index (κ3) is 5.31. The molecule has 0 fully saturated rings. The summed E-state index contributed by atoms with van der Waals surface area (Å²) in [7, 11) is 0. The first-order valence-electron chi connectivity index (χ1n) is 7.55. The summed E-state index contributed by atoms with van der Waals surface area (Å²) in [4.78, 5) is 2.32. The molecule has 3 nitrogen and oxygen atoms in total. The lowest BCUT2D eigenvalue weighted by Gasteiger charge is -2.26. The molecule has 0 bridgehead atoms. The Morgan fingerprint density at radius 1 is 1.25 bits per heavy atom. The molecule has 0 saturated carbocycles. The second kappa shape index (κ2) is 10.0. The maximum Gasteiger partial charge on any atom is 0.0641 e. The molecule has 4 heteroatoms. The zero-order valence-electron chi connectivity index (χ0n) is 12.9. The van der Waals surface area contributed by atoms with Crippen LogP contribution in [0.15, 0.2) is 18.2 Å². The number of likely N-dealkylation sites (N-methyl/N-ethyl adjacent to an activating group) is 1. The SMILES string of the molecule is CCCNCc1c(Cl)cccc1N(CC)CCOCC. The fourth-order valence-electron chi connectivity index (χ4n) is 2.18. The Labute approximate surface area is 128 Å². The molecule has 0 aromatic heterocycles. The standard InChI is InChI=1S/C16H27ClN2O/c1-4-10-18-13-14-15(17)8-7-9-16(14)19(5-2)11-12-20-6-3/h7-9,18H,4-6,10-13H2,1-3H3. The maximum atomic E-state index is 6.37. The number of hydrogen-bond acceptors (Lipinski definition) is 3. The van der Waals surface area contributed by atoms with E-state index in [1.807, 2.05) is 19.1 Å². The van der Waals surface area contributed by atoms with Crippen LogP contribution in [-0.4, -0.2) is 32.8 Å². The van der Waals surface area contributed by atoms with E-state index in [-0.39, 0.29) is 0 Å². The van der Waals surface area contributed by atoms with E-state index >= 15 is 0 Å². The minimum Gasteiger partial charge on any atom is -0.380 e. The molecule has 0 aliphatic heterocycles. The smallest absolute Gasteiger partial charge is 0.0641 e. The minimum absolute atomic E-state index is 0.749. The van der Waals surface area contributed by atoms with Crippen LogP contribution >= 0.6 is 11.6 Å². The largest absolute Gasteiger partial charge is 0.380 e. The molecule has 0 unspecified atom stereocenters. The van der Waals surface area contributed by atoms with Gasteiger partial charge in [0.05, 0.1) is 6.61 Å². The van der Waals surface area contributed by atoms with Gasteiger partial charge in [0.2, 0.25) is 0 Å². The highest BCUT2D eigenvalue weighted by molar-refractivity contribution is 6.31. The highest BCUT2D eigenvalue weighted by Gasteiger charge is 2.12. The van der Waals surface area contributed by atoms with Gasteiger partial charge in [0, 0.05) is 42.5 Å². The molecule has 0 saturated heterocycles. The van der Waals surface area contributed by atoms with Crippen molar-refractivity contribution in [3.63, 3.8) is 0 Å². The molecule has 0 spiro atoms. The van der Waals surface area contributed by atoms with Crippen molar-refractivity contribution in [3.05, 3.63) is 28.8 Å². The third-order valence-corrected chi connectivity index (χ3v) is 3.61. The Bertz CT molecular complexity index is 385. The van der Waals surface area contributed by atoms with E-state index in [2.05, 4.69) is 30.1 Å². The van der Waals surface area contributed by atoms with Crippen molar-refractivity contribution in [2.75, 3.05) is 37.7 Å². The van der Waals surface area contributed by atoms with Crippen LogP contribution < -0.4 is 10.2 Å². The summed E-state index contributed by atoms with van der Waals surface area (Å²) in [6.45, 7) is 11.5. The lowest BCUT2D eigenvalue weighted by Crippen LogP contribution is -2.29. The molecule has 0 heterocycles. The summed E-state index contributed by atoms with van der Waals surface area (Å²) in [5.41, 5.74) is 2.39.